The van der Waals surface area contributed by atoms with Crippen molar-refractivity contribution >= 4 is 39.6 Å². The molecule has 0 spiro atoms. The van der Waals surface area contributed by atoms with Crippen LogP contribution in [0.1, 0.15) is 33.4 Å². The van der Waals surface area contributed by atoms with Crippen molar-refractivity contribution in [3.05, 3.63) is 94.0 Å². The Kier molecular flexibility index (Phi) is 5.90. The van der Waals surface area contributed by atoms with E-state index in [0.29, 0.717) is 0 Å². The quantitative estimate of drug-likeness (QED) is 0.407. The van der Waals surface area contributed by atoms with Gasteiger partial charge in [0.2, 0.25) is 6.71 Å². The van der Waals surface area contributed by atoms with E-state index in [0.717, 1.165) is 0 Å². The van der Waals surface area contributed by atoms with Crippen LogP contribution >= 0.6 is 0 Å². The summed E-state index contributed by atoms with van der Waals surface area (Å²) in [7, 11) is 4.35. The lowest BCUT2D eigenvalue weighted by Gasteiger charge is -2.29. The highest BCUT2D eigenvalue weighted by molar-refractivity contribution is 6.97. The maximum atomic E-state index is 2.36. The summed E-state index contributed by atoms with van der Waals surface area (Å²) in [5.74, 6) is 0. The molecule has 162 valence electrons. The molecule has 0 amide bonds. The van der Waals surface area contributed by atoms with Gasteiger partial charge in [0.1, 0.15) is 0 Å². The molecule has 0 atom stereocenters. The van der Waals surface area contributed by atoms with Crippen LogP contribution in [-0.4, -0.2) is 20.8 Å². The van der Waals surface area contributed by atoms with Gasteiger partial charge in [-0.15, -0.1) is 0 Å². The van der Waals surface area contributed by atoms with E-state index in [1.807, 2.05) is 0 Å². The molecule has 4 rings (SSSR count). The molecule has 0 saturated carbocycles. The molecule has 0 bridgehead atoms. The van der Waals surface area contributed by atoms with Crippen molar-refractivity contribution in [3.63, 3.8) is 0 Å². The predicted octanol–water partition coefficient (Wildman–Crippen LogP) is 5.27. The predicted molar refractivity (Wildman–Crippen MR) is 144 cm³/mol. The van der Waals surface area contributed by atoms with E-state index in [9.17, 15) is 0 Å². The standard InChI is InChI=1S/C30H34BN/c1-19-15-21(3)28(22(4)16-19)31(29-23(5)17-20(2)18-24(29)6)27-14-13-25-11-9-10-12-26(25)30(27)32(7)8/h9-18H,1-8H3. The van der Waals surface area contributed by atoms with E-state index in [1.54, 1.807) is 0 Å². The van der Waals surface area contributed by atoms with Crippen molar-refractivity contribution in [2.75, 3.05) is 19.0 Å². The molecular weight excluding hydrogens is 385 g/mol. The summed E-state index contributed by atoms with van der Waals surface area (Å²) < 4.78 is 0. The largest absolute Gasteiger partial charge is 0.378 e. The van der Waals surface area contributed by atoms with E-state index in [-0.39, 0.29) is 6.71 Å². The van der Waals surface area contributed by atoms with Crippen molar-refractivity contribution < 1.29 is 0 Å². The molecule has 0 saturated heterocycles. The maximum Gasteiger partial charge on any atom is 0.245 e. The second-order valence-electron chi connectivity index (χ2n) is 9.68. The Bertz CT molecular complexity index is 1210. The van der Waals surface area contributed by atoms with Gasteiger partial charge in [0.15, 0.2) is 0 Å². The highest BCUT2D eigenvalue weighted by atomic mass is 15.1. The Labute approximate surface area is 194 Å². The molecule has 1 nitrogen and oxygen atoms in total. The molecule has 0 radical (unpaired) electrons. The van der Waals surface area contributed by atoms with Crippen LogP contribution in [-0.2, 0) is 0 Å². The van der Waals surface area contributed by atoms with Gasteiger partial charge in [0, 0.05) is 25.2 Å². The van der Waals surface area contributed by atoms with Crippen LogP contribution in [0.3, 0.4) is 0 Å². The fourth-order valence-corrected chi connectivity index (χ4v) is 5.75. The lowest BCUT2D eigenvalue weighted by molar-refractivity contribution is 1.15. The highest BCUT2D eigenvalue weighted by Crippen LogP contribution is 2.25. The minimum atomic E-state index is 0.179. The van der Waals surface area contributed by atoms with E-state index in [2.05, 4.69) is 121 Å². The van der Waals surface area contributed by atoms with Crippen LogP contribution in [0.4, 0.5) is 5.69 Å². The van der Waals surface area contributed by atoms with Crippen LogP contribution in [0.15, 0.2) is 60.7 Å². The number of fused-ring (bicyclic) bond motifs is 1. The summed E-state index contributed by atoms with van der Waals surface area (Å²) in [6, 6.07) is 22.8. The number of hydrogen-bond acceptors (Lipinski definition) is 1. The number of hydrogen-bond donors (Lipinski definition) is 0. The van der Waals surface area contributed by atoms with Gasteiger partial charge in [-0.2, -0.15) is 0 Å². The SMILES string of the molecule is Cc1cc(C)c(B(c2ccc3ccccc3c2N(C)C)c2c(C)cc(C)cc2C)c(C)c1. The average Bonchev–Trinajstić information content (AvgIpc) is 2.70. The van der Waals surface area contributed by atoms with Crippen molar-refractivity contribution in [3.8, 4) is 0 Å². The zero-order valence-corrected chi connectivity index (χ0v) is 20.8. The highest BCUT2D eigenvalue weighted by Gasteiger charge is 2.31. The lowest BCUT2D eigenvalue weighted by atomic mass is 9.33. The van der Waals surface area contributed by atoms with Gasteiger partial charge in [0.25, 0.3) is 0 Å². The Morgan fingerprint density at radius 1 is 0.594 bits per heavy atom. The monoisotopic (exact) mass is 419 g/mol. The molecular formula is C30H34BN. The molecule has 0 aliphatic carbocycles. The molecule has 0 aliphatic heterocycles. The number of nitrogens with zero attached hydrogens (tertiary/aromatic N) is 1. The van der Waals surface area contributed by atoms with Crippen molar-refractivity contribution in [2.45, 2.75) is 41.5 Å². The molecule has 0 aliphatic rings. The minimum absolute atomic E-state index is 0.179. The number of aryl methyl sites for hydroxylation is 6. The molecule has 4 aromatic rings. The van der Waals surface area contributed by atoms with Crippen LogP contribution in [0, 0.1) is 41.5 Å². The molecule has 4 aromatic carbocycles. The van der Waals surface area contributed by atoms with E-state index >= 15 is 0 Å². The van der Waals surface area contributed by atoms with Gasteiger partial charge in [-0.05, 0) is 52.4 Å². The first-order chi connectivity index (χ1) is 15.2. The Hall–Kier alpha value is -3.00. The van der Waals surface area contributed by atoms with Crippen molar-refractivity contribution in [2.24, 2.45) is 0 Å². The first kappa shape index (κ1) is 22.2. The van der Waals surface area contributed by atoms with E-state index in [1.165, 1.54) is 66.2 Å². The summed E-state index contributed by atoms with van der Waals surface area (Å²) in [6.45, 7) is 13.7. The van der Waals surface area contributed by atoms with Crippen LogP contribution in [0.25, 0.3) is 10.8 Å². The fraction of sp³-hybridized carbons (Fsp3) is 0.267. The second kappa shape index (κ2) is 8.50. The Morgan fingerprint density at radius 3 is 1.53 bits per heavy atom. The minimum Gasteiger partial charge on any atom is -0.378 e. The van der Waals surface area contributed by atoms with Gasteiger partial charge >= 0.3 is 0 Å². The third-order valence-corrected chi connectivity index (χ3v) is 6.74. The summed E-state index contributed by atoms with van der Waals surface area (Å²) in [5.41, 5.74) is 13.7. The molecule has 0 unspecified atom stereocenters. The summed E-state index contributed by atoms with van der Waals surface area (Å²) in [5, 5.41) is 2.60. The third-order valence-electron chi connectivity index (χ3n) is 6.74. The number of rotatable bonds is 4. The first-order valence-corrected chi connectivity index (χ1v) is 11.5. The molecule has 0 heterocycles. The van der Waals surface area contributed by atoms with Crippen molar-refractivity contribution in [1.82, 2.24) is 0 Å². The average molecular weight is 419 g/mol. The van der Waals surface area contributed by atoms with E-state index < -0.39 is 0 Å². The molecule has 0 fully saturated rings. The lowest BCUT2D eigenvalue weighted by Crippen LogP contribution is -2.56. The van der Waals surface area contributed by atoms with E-state index in [4.69, 9.17) is 0 Å². The van der Waals surface area contributed by atoms with Crippen molar-refractivity contribution in [1.29, 1.82) is 0 Å². The molecule has 32 heavy (non-hydrogen) atoms. The van der Waals surface area contributed by atoms with Crippen LogP contribution < -0.4 is 21.3 Å². The second-order valence-corrected chi connectivity index (χ2v) is 9.68. The molecule has 2 heteroatoms. The van der Waals surface area contributed by atoms with Gasteiger partial charge in [-0.25, -0.2) is 0 Å². The van der Waals surface area contributed by atoms with Gasteiger partial charge in [-0.1, -0.05) is 105 Å². The zero-order chi connectivity index (χ0) is 23.2. The van der Waals surface area contributed by atoms with Gasteiger partial charge < -0.3 is 4.90 Å². The first-order valence-electron chi connectivity index (χ1n) is 11.5. The zero-order valence-electron chi connectivity index (χ0n) is 20.8. The van der Waals surface area contributed by atoms with Gasteiger partial charge in [0.05, 0.1) is 0 Å². The Balaban J connectivity index is 2.15. The molecule has 0 N–H and O–H groups in total. The molecule has 0 aromatic heterocycles. The summed E-state index contributed by atoms with van der Waals surface area (Å²) in [6.07, 6.45) is 0. The fourth-order valence-electron chi connectivity index (χ4n) is 5.75. The summed E-state index contributed by atoms with van der Waals surface area (Å²) in [4.78, 5) is 2.29. The third kappa shape index (κ3) is 3.84. The number of anilines is 1. The topological polar surface area (TPSA) is 3.24 Å². The smallest absolute Gasteiger partial charge is 0.245 e. The number of benzene rings is 4. The van der Waals surface area contributed by atoms with Crippen LogP contribution in [0.5, 0.6) is 0 Å². The normalized spacial score (nSPS) is 11.1. The van der Waals surface area contributed by atoms with Gasteiger partial charge in [-0.3, -0.25) is 0 Å². The summed E-state index contributed by atoms with van der Waals surface area (Å²) >= 11 is 0. The maximum absolute atomic E-state index is 2.36. The Morgan fingerprint density at radius 2 is 1.06 bits per heavy atom. The van der Waals surface area contributed by atoms with Crippen LogP contribution in [0.2, 0.25) is 0 Å².